The number of ether oxygens (including phenoxy) is 1. The highest BCUT2D eigenvalue weighted by Gasteiger charge is 2.28. The van der Waals surface area contributed by atoms with Gasteiger partial charge in [0.1, 0.15) is 5.01 Å². The van der Waals surface area contributed by atoms with Gasteiger partial charge in [-0.25, -0.2) is 8.42 Å². The average molecular weight is 422 g/mol. The first kappa shape index (κ1) is 20.3. The number of rotatable bonds is 8. The summed E-state index contributed by atoms with van der Waals surface area (Å²) in [4.78, 5) is 16.5. The van der Waals surface area contributed by atoms with Crippen LogP contribution in [0.4, 0.5) is 5.13 Å². The summed E-state index contributed by atoms with van der Waals surface area (Å²) in [6.07, 6.45) is 3.13. The number of carbonyl (C=O) groups excluding carboxylic acids is 1. The lowest BCUT2D eigenvalue weighted by atomic mass is 10.2. The van der Waals surface area contributed by atoms with Gasteiger partial charge in [-0.1, -0.05) is 23.5 Å². The van der Waals surface area contributed by atoms with E-state index in [1.807, 2.05) is 0 Å². The number of aromatic nitrogens is 3. The maximum Gasteiger partial charge on any atom is 0.244 e. The van der Waals surface area contributed by atoms with Gasteiger partial charge < -0.3 is 4.74 Å². The van der Waals surface area contributed by atoms with Crippen molar-refractivity contribution in [3.05, 3.63) is 41.7 Å². The standard InChI is InChI=1S/C17H19N5O4S2/c1-12-20-21-17(27-12)19-16(23)11-22(8-9-26-2)28(24,25)15-5-3-4-13-10-18-7-6-14(13)15/h3-7,10H,8-9,11H2,1-2H3,(H,19,21,23). The number of fused-ring (bicyclic) bond motifs is 1. The molecule has 0 aliphatic heterocycles. The van der Waals surface area contributed by atoms with Gasteiger partial charge >= 0.3 is 0 Å². The number of amides is 1. The summed E-state index contributed by atoms with van der Waals surface area (Å²) in [6, 6.07) is 6.59. The number of nitrogens with one attached hydrogen (secondary N) is 1. The number of benzene rings is 1. The second kappa shape index (κ2) is 8.69. The van der Waals surface area contributed by atoms with Gasteiger partial charge in [-0.2, -0.15) is 4.31 Å². The summed E-state index contributed by atoms with van der Waals surface area (Å²) < 4.78 is 32.7. The Morgan fingerprint density at radius 2 is 2.11 bits per heavy atom. The summed E-state index contributed by atoms with van der Waals surface area (Å²) in [5, 5.41) is 12.5. The molecule has 28 heavy (non-hydrogen) atoms. The molecule has 11 heteroatoms. The van der Waals surface area contributed by atoms with E-state index in [4.69, 9.17) is 4.74 Å². The highest BCUT2D eigenvalue weighted by Crippen LogP contribution is 2.25. The number of anilines is 1. The lowest BCUT2D eigenvalue weighted by Crippen LogP contribution is -2.40. The van der Waals surface area contributed by atoms with Crippen LogP contribution in [0.1, 0.15) is 5.01 Å². The van der Waals surface area contributed by atoms with Gasteiger partial charge in [0.2, 0.25) is 21.1 Å². The predicted molar refractivity (Wildman–Crippen MR) is 106 cm³/mol. The van der Waals surface area contributed by atoms with Crippen molar-refractivity contribution in [3.63, 3.8) is 0 Å². The summed E-state index contributed by atoms with van der Waals surface area (Å²) in [7, 11) is -2.48. The number of hydrogen-bond acceptors (Lipinski definition) is 8. The van der Waals surface area contributed by atoms with Gasteiger partial charge in [-0.15, -0.1) is 10.2 Å². The molecule has 0 atom stereocenters. The van der Waals surface area contributed by atoms with Gasteiger partial charge in [-0.3, -0.25) is 15.1 Å². The van der Waals surface area contributed by atoms with E-state index in [0.717, 1.165) is 4.31 Å². The molecule has 0 saturated carbocycles. The van der Waals surface area contributed by atoms with Crippen LogP contribution in [0.25, 0.3) is 10.8 Å². The topological polar surface area (TPSA) is 114 Å². The molecule has 2 aromatic heterocycles. The van der Waals surface area contributed by atoms with Crippen LogP contribution in [0.3, 0.4) is 0 Å². The molecule has 0 aliphatic carbocycles. The molecule has 1 N–H and O–H groups in total. The molecule has 3 aromatic rings. The lowest BCUT2D eigenvalue weighted by Gasteiger charge is -2.22. The molecule has 1 amide bonds. The molecule has 0 bridgehead atoms. The van der Waals surface area contributed by atoms with Crippen LogP contribution in [-0.2, 0) is 19.6 Å². The second-order valence-electron chi connectivity index (χ2n) is 5.86. The third-order valence-electron chi connectivity index (χ3n) is 3.90. The Labute approximate surface area is 166 Å². The zero-order valence-electron chi connectivity index (χ0n) is 15.3. The average Bonchev–Trinajstić information content (AvgIpc) is 3.09. The zero-order chi connectivity index (χ0) is 20.1. The predicted octanol–water partition coefficient (Wildman–Crippen LogP) is 1.67. The van der Waals surface area contributed by atoms with Crippen molar-refractivity contribution in [2.75, 3.05) is 32.1 Å². The fourth-order valence-corrected chi connectivity index (χ4v) is 4.80. The fourth-order valence-electron chi connectivity index (χ4n) is 2.60. The largest absolute Gasteiger partial charge is 0.383 e. The lowest BCUT2D eigenvalue weighted by molar-refractivity contribution is -0.116. The molecule has 0 saturated heterocycles. The zero-order valence-corrected chi connectivity index (χ0v) is 17.0. The minimum atomic E-state index is -3.95. The van der Waals surface area contributed by atoms with Crippen molar-refractivity contribution >= 4 is 43.2 Å². The van der Waals surface area contributed by atoms with Crippen molar-refractivity contribution in [2.45, 2.75) is 11.8 Å². The summed E-state index contributed by atoms with van der Waals surface area (Å²) in [5.74, 6) is -0.502. The monoisotopic (exact) mass is 421 g/mol. The summed E-state index contributed by atoms with van der Waals surface area (Å²) >= 11 is 1.21. The van der Waals surface area contributed by atoms with Gasteiger partial charge in [-0.05, 0) is 19.1 Å². The highest BCUT2D eigenvalue weighted by atomic mass is 32.2. The molecule has 0 unspecified atom stereocenters. The Kier molecular flexibility index (Phi) is 6.29. The number of aryl methyl sites for hydroxylation is 1. The van der Waals surface area contributed by atoms with Gasteiger partial charge in [0.05, 0.1) is 18.0 Å². The molecule has 0 aliphatic rings. The molecule has 0 spiro atoms. The van der Waals surface area contributed by atoms with E-state index in [1.165, 1.54) is 30.7 Å². The Morgan fingerprint density at radius 3 is 2.82 bits per heavy atom. The van der Waals surface area contributed by atoms with Gasteiger partial charge in [0, 0.05) is 36.8 Å². The Hall–Kier alpha value is -2.47. The number of nitrogens with zero attached hydrogens (tertiary/aromatic N) is 4. The molecule has 1 aromatic carbocycles. The number of methoxy groups -OCH3 is 1. The molecule has 3 rings (SSSR count). The van der Waals surface area contributed by atoms with Crippen molar-refractivity contribution in [1.82, 2.24) is 19.5 Å². The minimum Gasteiger partial charge on any atom is -0.383 e. The second-order valence-corrected chi connectivity index (χ2v) is 8.95. The number of sulfonamides is 1. The Morgan fingerprint density at radius 1 is 1.29 bits per heavy atom. The summed E-state index contributed by atoms with van der Waals surface area (Å²) in [6.45, 7) is 1.57. The molecule has 0 radical (unpaired) electrons. The number of pyridine rings is 1. The summed E-state index contributed by atoms with van der Waals surface area (Å²) in [5.41, 5.74) is 0. The molecular weight excluding hydrogens is 402 g/mol. The SMILES string of the molecule is COCCN(CC(=O)Nc1nnc(C)s1)S(=O)(=O)c1cccc2cnccc12. The van der Waals surface area contributed by atoms with Crippen LogP contribution in [0.15, 0.2) is 41.6 Å². The first-order chi connectivity index (χ1) is 13.4. The number of hydrogen-bond donors (Lipinski definition) is 1. The van der Waals surface area contributed by atoms with E-state index in [1.54, 1.807) is 31.3 Å². The van der Waals surface area contributed by atoms with Crippen LogP contribution in [0.5, 0.6) is 0 Å². The third-order valence-corrected chi connectivity index (χ3v) is 6.55. The first-order valence-electron chi connectivity index (χ1n) is 8.33. The molecule has 148 valence electrons. The van der Waals surface area contributed by atoms with Crippen molar-refractivity contribution in [1.29, 1.82) is 0 Å². The van der Waals surface area contributed by atoms with E-state index >= 15 is 0 Å². The van der Waals surface area contributed by atoms with E-state index in [9.17, 15) is 13.2 Å². The Bertz CT molecular complexity index is 1080. The first-order valence-corrected chi connectivity index (χ1v) is 10.6. The maximum absolute atomic E-state index is 13.3. The van der Waals surface area contributed by atoms with Crippen LogP contribution < -0.4 is 5.32 Å². The smallest absolute Gasteiger partial charge is 0.244 e. The molecule has 9 nitrogen and oxygen atoms in total. The van der Waals surface area contributed by atoms with E-state index in [-0.39, 0.29) is 24.6 Å². The molecular formula is C17H19N5O4S2. The van der Waals surface area contributed by atoms with Gasteiger partial charge in [0.15, 0.2) is 0 Å². The quantitative estimate of drug-likeness (QED) is 0.588. The van der Waals surface area contributed by atoms with Crippen LogP contribution in [-0.4, -0.2) is 60.6 Å². The molecule has 0 fully saturated rings. The maximum atomic E-state index is 13.3. The normalized spacial score (nSPS) is 11.8. The van der Waals surface area contributed by atoms with Crippen molar-refractivity contribution < 1.29 is 17.9 Å². The number of carbonyl (C=O) groups is 1. The van der Waals surface area contributed by atoms with Crippen molar-refractivity contribution in [3.8, 4) is 0 Å². The van der Waals surface area contributed by atoms with Crippen LogP contribution in [0, 0.1) is 6.92 Å². The van der Waals surface area contributed by atoms with E-state index in [2.05, 4.69) is 20.5 Å². The Balaban J connectivity index is 1.89. The van der Waals surface area contributed by atoms with Crippen LogP contribution in [0.2, 0.25) is 0 Å². The van der Waals surface area contributed by atoms with Gasteiger partial charge in [0.25, 0.3) is 0 Å². The molecule has 2 heterocycles. The van der Waals surface area contributed by atoms with Crippen LogP contribution >= 0.6 is 11.3 Å². The van der Waals surface area contributed by atoms with Crippen molar-refractivity contribution in [2.24, 2.45) is 0 Å². The van der Waals surface area contributed by atoms with E-state index in [0.29, 0.717) is 20.9 Å². The fraction of sp³-hybridized carbons (Fsp3) is 0.294. The third kappa shape index (κ3) is 4.50. The highest BCUT2D eigenvalue weighted by molar-refractivity contribution is 7.89. The van der Waals surface area contributed by atoms with E-state index < -0.39 is 15.9 Å². The minimum absolute atomic E-state index is 0.0306.